The molecular formula is C17H20N2O3S. The van der Waals surface area contributed by atoms with Gasteiger partial charge in [-0.2, -0.15) is 0 Å². The largest absolute Gasteiger partial charge is 0.493 e. The number of methoxy groups -OCH3 is 1. The van der Waals surface area contributed by atoms with Crippen LogP contribution in [0.25, 0.3) is 0 Å². The zero-order valence-corrected chi connectivity index (χ0v) is 14.1. The number of aromatic nitrogens is 1. The minimum absolute atomic E-state index is 0.0570. The molecule has 6 heteroatoms. The van der Waals surface area contributed by atoms with Crippen molar-refractivity contribution in [1.29, 1.82) is 0 Å². The van der Waals surface area contributed by atoms with Crippen LogP contribution in [0.15, 0.2) is 23.6 Å². The van der Waals surface area contributed by atoms with Gasteiger partial charge in [-0.15, -0.1) is 11.3 Å². The molecule has 0 spiro atoms. The number of para-hydroxylation sites is 1. The standard InChI is InChI=1S/C17H20N2O3S/c1-3-5-15-19-13(10-23-15)17(20)18-12-8-11-6-4-7-14(21-2)16(11)22-9-12/h4,6-7,10,12H,3,5,8-9H2,1-2H3,(H,18,20). The van der Waals surface area contributed by atoms with Gasteiger partial charge in [-0.1, -0.05) is 19.1 Å². The topological polar surface area (TPSA) is 60.5 Å². The predicted molar refractivity (Wildman–Crippen MR) is 89.6 cm³/mol. The van der Waals surface area contributed by atoms with E-state index in [4.69, 9.17) is 9.47 Å². The second-order valence-corrected chi connectivity index (χ2v) is 6.45. The Morgan fingerprint density at radius 1 is 1.52 bits per heavy atom. The van der Waals surface area contributed by atoms with Gasteiger partial charge in [0.2, 0.25) is 0 Å². The fourth-order valence-electron chi connectivity index (χ4n) is 2.65. The SMILES string of the molecule is CCCc1nc(C(=O)NC2COc3c(cccc3OC)C2)cs1. The predicted octanol–water partition coefficient (Wildman–Crippen LogP) is 2.84. The van der Waals surface area contributed by atoms with E-state index in [-0.39, 0.29) is 11.9 Å². The molecule has 1 N–H and O–H groups in total. The minimum atomic E-state index is -0.136. The lowest BCUT2D eigenvalue weighted by Gasteiger charge is -2.26. The van der Waals surface area contributed by atoms with E-state index < -0.39 is 0 Å². The van der Waals surface area contributed by atoms with E-state index in [2.05, 4.69) is 17.2 Å². The van der Waals surface area contributed by atoms with Gasteiger partial charge in [-0.25, -0.2) is 4.98 Å². The summed E-state index contributed by atoms with van der Waals surface area (Å²) in [5.74, 6) is 1.37. The lowest BCUT2D eigenvalue weighted by atomic mass is 10.0. The highest BCUT2D eigenvalue weighted by molar-refractivity contribution is 7.09. The van der Waals surface area contributed by atoms with Crippen LogP contribution >= 0.6 is 11.3 Å². The number of carbonyl (C=O) groups is 1. The molecule has 1 aromatic carbocycles. The molecule has 2 heterocycles. The number of thiazole rings is 1. The Hall–Kier alpha value is -2.08. The third-order valence-electron chi connectivity index (χ3n) is 3.76. The molecule has 0 fully saturated rings. The fourth-order valence-corrected chi connectivity index (χ4v) is 3.53. The van der Waals surface area contributed by atoms with Crippen molar-refractivity contribution in [2.75, 3.05) is 13.7 Å². The molecule has 0 saturated heterocycles. The molecule has 5 nitrogen and oxygen atoms in total. The van der Waals surface area contributed by atoms with Gasteiger partial charge in [0.25, 0.3) is 5.91 Å². The van der Waals surface area contributed by atoms with Crippen LogP contribution in [0.5, 0.6) is 11.5 Å². The number of hydrogen-bond acceptors (Lipinski definition) is 5. The summed E-state index contributed by atoms with van der Waals surface area (Å²) in [6.45, 7) is 2.54. The molecule has 0 aliphatic carbocycles. The van der Waals surface area contributed by atoms with Gasteiger partial charge in [-0.3, -0.25) is 4.79 Å². The maximum atomic E-state index is 12.3. The van der Waals surface area contributed by atoms with E-state index >= 15 is 0 Å². The lowest BCUT2D eigenvalue weighted by molar-refractivity contribution is 0.0910. The molecule has 0 saturated carbocycles. The maximum absolute atomic E-state index is 12.3. The molecular weight excluding hydrogens is 312 g/mol. The van der Waals surface area contributed by atoms with E-state index in [1.165, 1.54) is 11.3 Å². The van der Waals surface area contributed by atoms with Crippen molar-refractivity contribution in [1.82, 2.24) is 10.3 Å². The van der Waals surface area contributed by atoms with Gasteiger partial charge in [0.05, 0.1) is 18.2 Å². The van der Waals surface area contributed by atoms with Gasteiger partial charge in [-0.05, 0) is 25.3 Å². The molecule has 0 radical (unpaired) electrons. The maximum Gasteiger partial charge on any atom is 0.271 e. The molecule has 2 aromatic rings. The number of rotatable bonds is 5. The summed E-state index contributed by atoms with van der Waals surface area (Å²) in [6.07, 6.45) is 2.67. The van der Waals surface area contributed by atoms with Crippen molar-refractivity contribution in [3.63, 3.8) is 0 Å². The smallest absolute Gasteiger partial charge is 0.271 e. The number of nitrogens with zero attached hydrogens (tertiary/aromatic N) is 1. The van der Waals surface area contributed by atoms with Crippen LogP contribution in [0.4, 0.5) is 0 Å². The molecule has 1 aliphatic rings. The third kappa shape index (κ3) is 3.47. The molecule has 1 unspecified atom stereocenters. The molecule has 3 rings (SSSR count). The first-order chi connectivity index (χ1) is 11.2. The fraction of sp³-hybridized carbons (Fsp3) is 0.412. The highest BCUT2D eigenvalue weighted by Crippen LogP contribution is 2.34. The van der Waals surface area contributed by atoms with Gasteiger partial charge < -0.3 is 14.8 Å². The summed E-state index contributed by atoms with van der Waals surface area (Å²) in [6, 6.07) is 5.75. The molecule has 23 heavy (non-hydrogen) atoms. The summed E-state index contributed by atoms with van der Waals surface area (Å²) < 4.78 is 11.1. The molecule has 1 aromatic heterocycles. The second kappa shape index (κ2) is 7.00. The monoisotopic (exact) mass is 332 g/mol. The quantitative estimate of drug-likeness (QED) is 0.914. The average molecular weight is 332 g/mol. The molecule has 1 atom stereocenters. The molecule has 0 bridgehead atoms. The van der Waals surface area contributed by atoms with E-state index in [0.717, 1.165) is 41.3 Å². The summed E-state index contributed by atoms with van der Waals surface area (Å²) in [4.78, 5) is 16.7. The van der Waals surface area contributed by atoms with Crippen molar-refractivity contribution >= 4 is 17.2 Å². The zero-order valence-electron chi connectivity index (χ0n) is 13.3. The van der Waals surface area contributed by atoms with Crippen LogP contribution in [-0.2, 0) is 12.8 Å². The minimum Gasteiger partial charge on any atom is -0.493 e. The van der Waals surface area contributed by atoms with E-state index in [1.54, 1.807) is 7.11 Å². The summed E-state index contributed by atoms with van der Waals surface area (Å²) in [5, 5.41) is 5.84. The summed E-state index contributed by atoms with van der Waals surface area (Å²) in [7, 11) is 1.63. The van der Waals surface area contributed by atoms with Gasteiger partial charge >= 0.3 is 0 Å². The Balaban J connectivity index is 1.66. The van der Waals surface area contributed by atoms with E-state index in [0.29, 0.717) is 12.3 Å². The Morgan fingerprint density at radius 2 is 2.39 bits per heavy atom. The number of ether oxygens (including phenoxy) is 2. The van der Waals surface area contributed by atoms with Crippen LogP contribution in [0.1, 0.15) is 34.4 Å². The van der Waals surface area contributed by atoms with Crippen LogP contribution in [-0.4, -0.2) is 30.6 Å². The highest BCUT2D eigenvalue weighted by Gasteiger charge is 2.24. The lowest BCUT2D eigenvalue weighted by Crippen LogP contribution is -2.42. The Labute approximate surface area is 139 Å². The number of benzene rings is 1. The number of nitrogens with one attached hydrogen (secondary N) is 1. The molecule has 1 amide bonds. The third-order valence-corrected chi connectivity index (χ3v) is 4.67. The first kappa shape index (κ1) is 15.8. The molecule has 122 valence electrons. The summed E-state index contributed by atoms with van der Waals surface area (Å²) in [5.41, 5.74) is 1.54. The van der Waals surface area contributed by atoms with E-state index in [9.17, 15) is 4.79 Å². The van der Waals surface area contributed by atoms with Crippen LogP contribution < -0.4 is 14.8 Å². The van der Waals surface area contributed by atoms with Crippen molar-refractivity contribution in [3.05, 3.63) is 39.8 Å². The van der Waals surface area contributed by atoms with Crippen molar-refractivity contribution in [2.45, 2.75) is 32.2 Å². The van der Waals surface area contributed by atoms with Crippen LogP contribution in [0.2, 0.25) is 0 Å². The van der Waals surface area contributed by atoms with Gasteiger partial charge in [0.15, 0.2) is 11.5 Å². The Kier molecular flexibility index (Phi) is 4.81. The molecule has 1 aliphatic heterocycles. The highest BCUT2D eigenvalue weighted by atomic mass is 32.1. The average Bonchev–Trinajstić information content (AvgIpc) is 3.03. The van der Waals surface area contributed by atoms with Crippen LogP contribution in [0, 0.1) is 0 Å². The van der Waals surface area contributed by atoms with Gasteiger partial charge in [0, 0.05) is 10.9 Å². The first-order valence-electron chi connectivity index (χ1n) is 7.75. The first-order valence-corrected chi connectivity index (χ1v) is 8.63. The van der Waals surface area contributed by atoms with Crippen molar-refractivity contribution in [2.24, 2.45) is 0 Å². The zero-order chi connectivity index (χ0) is 16.2. The normalized spacial score (nSPS) is 16.3. The Bertz CT molecular complexity index is 699. The van der Waals surface area contributed by atoms with E-state index in [1.807, 2.05) is 23.6 Å². The number of aryl methyl sites for hydroxylation is 1. The number of carbonyl (C=O) groups excluding carboxylic acids is 1. The summed E-state index contributed by atoms with van der Waals surface area (Å²) >= 11 is 1.54. The number of amides is 1. The number of hydrogen-bond donors (Lipinski definition) is 1. The van der Waals surface area contributed by atoms with Gasteiger partial charge in [0.1, 0.15) is 12.3 Å². The Morgan fingerprint density at radius 3 is 3.17 bits per heavy atom. The second-order valence-electron chi connectivity index (χ2n) is 5.51. The van der Waals surface area contributed by atoms with Crippen LogP contribution in [0.3, 0.4) is 0 Å². The van der Waals surface area contributed by atoms with Crippen molar-refractivity contribution in [3.8, 4) is 11.5 Å². The number of fused-ring (bicyclic) bond motifs is 1. The van der Waals surface area contributed by atoms with Crippen molar-refractivity contribution < 1.29 is 14.3 Å².